The lowest BCUT2D eigenvalue weighted by molar-refractivity contribution is 0.0781. The van der Waals surface area contributed by atoms with Gasteiger partial charge in [-0.3, -0.25) is 0 Å². The Hall–Kier alpha value is -1.55. The minimum Gasteiger partial charge on any atom is -0.445 e. The van der Waals surface area contributed by atoms with E-state index in [1.54, 1.807) is 0 Å². The number of carbonyl (C=O) groups excluding carboxylic acids is 1. The normalized spacial score (nSPS) is 23.4. The predicted octanol–water partition coefficient (Wildman–Crippen LogP) is 2.22. The quantitative estimate of drug-likeness (QED) is 0.863. The zero-order valence-corrected chi connectivity index (χ0v) is 10.3. The summed E-state index contributed by atoms with van der Waals surface area (Å²) in [5.41, 5.74) is 0.955. The Morgan fingerprint density at radius 2 is 2.00 bits per heavy atom. The lowest BCUT2D eigenvalue weighted by atomic mass is 9.93. The van der Waals surface area contributed by atoms with E-state index in [4.69, 9.17) is 4.74 Å². The number of benzene rings is 1. The SMILES string of the molecule is O=C(N[C@H]1CCCC[C@H]1O)OCc1ccccc1. The van der Waals surface area contributed by atoms with Gasteiger partial charge < -0.3 is 15.2 Å². The second-order valence-electron chi connectivity index (χ2n) is 4.66. The van der Waals surface area contributed by atoms with E-state index in [1.165, 1.54) is 0 Å². The van der Waals surface area contributed by atoms with Gasteiger partial charge in [-0.1, -0.05) is 43.2 Å². The molecule has 0 aliphatic heterocycles. The van der Waals surface area contributed by atoms with Gasteiger partial charge in [-0.25, -0.2) is 4.79 Å². The maximum Gasteiger partial charge on any atom is 0.407 e. The molecule has 1 aliphatic rings. The van der Waals surface area contributed by atoms with Crippen LogP contribution >= 0.6 is 0 Å². The van der Waals surface area contributed by atoms with Gasteiger partial charge in [0.05, 0.1) is 12.1 Å². The molecule has 1 aromatic carbocycles. The van der Waals surface area contributed by atoms with Crippen molar-refractivity contribution in [3.05, 3.63) is 35.9 Å². The summed E-state index contributed by atoms with van der Waals surface area (Å²) < 4.78 is 5.12. The Labute approximate surface area is 107 Å². The lowest BCUT2D eigenvalue weighted by Gasteiger charge is -2.27. The van der Waals surface area contributed by atoms with Gasteiger partial charge in [-0.05, 0) is 18.4 Å². The third-order valence-electron chi connectivity index (χ3n) is 3.25. The molecule has 4 nitrogen and oxygen atoms in total. The van der Waals surface area contributed by atoms with Crippen molar-refractivity contribution >= 4 is 6.09 Å². The van der Waals surface area contributed by atoms with Crippen LogP contribution in [-0.4, -0.2) is 23.3 Å². The minimum atomic E-state index is -0.454. The van der Waals surface area contributed by atoms with E-state index >= 15 is 0 Å². The van der Waals surface area contributed by atoms with Crippen LogP contribution in [0.1, 0.15) is 31.2 Å². The average Bonchev–Trinajstić information content (AvgIpc) is 2.40. The number of ether oxygens (including phenoxy) is 1. The molecule has 0 radical (unpaired) electrons. The third kappa shape index (κ3) is 3.74. The van der Waals surface area contributed by atoms with E-state index in [9.17, 15) is 9.90 Å². The second kappa shape index (κ2) is 6.40. The molecule has 0 spiro atoms. The van der Waals surface area contributed by atoms with Crippen molar-refractivity contribution in [1.29, 1.82) is 0 Å². The van der Waals surface area contributed by atoms with Crippen molar-refractivity contribution in [2.45, 2.75) is 44.4 Å². The van der Waals surface area contributed by atoms with Gasteiger partial charge in [0.15, 0.2) is 0 Å². The van der Waals surface area contributed by atoms with E-state index in [2.05, 4.69) is 5.32 Å². The number of hydrogen-bond acceptors (Lipinski definition) is 3. The van der Waals surface area contributed by atoms with Gasteiger partial charge in [-0.15, -0.1) is 0 Å². The highest BCUT2D eigenvalue weighted by molar-refractivity contribution is 5.67. The number of carbonyl (C=O) groups is 1. The van der Waals surface area contributed by atoms with E-state index in [0.29, 0.717) is 0 Å². The van der Waals surface area contributed by atoms with Crippen LogP contribution in [-0.2, 0) is 11.3 Å². The van der Waals surface area contributed by atoms with Crippen molar-refractivity contribution in [2.75, 3.05) is 0 Å². The molecule has 1 saturated carbocycles. The molecule has 0 unspecified atom stereocenters. The summed E-state index contributed by atoms with van der Waals surface area (Å²) in [5, 5.41) is 12.5. The molecule has 1 fully saturated rings. The highest BCUT2D eigenvalue weighted by Crippen LogP contribution is 2.18. The molecule has 18 heavy (non-hydrogen) atoms. The fourth-order valence-electron chi connectivity index (χ4n) is 2.20. The summed E-state index contributed by atoms with van der Waals surface area (Å²) in [6.45, 7) is 0.259. The summed E-state index contributed by atoms with van der Waals surface area (Å²) >= 11 is 0. The number of aliphatic hydroxyl groups is 1. The fourth-order valence-corrected chi connectivity index (χ4v) is 2.20. The Balaban J connectivity index is 1.75. The first-order valence-corrected chi connectivity index (χ1v) is 6.41. The van der Waals surface area contributed by atoms with Crippen LogP contribution in [0.4, 0.5) is 4.79 Å². The van der Waals surface area contributed by atoms with Gasteiger partial charge >= 0.3 is 6.09 Å². The molecule has 0 bridgehead atoms. The van der Waals surface area contributed by atoms with E-state index < -0.39 is 12.2 Å². The molecule has 4 heteroatoms. The van der Waals surface area contributed by atoms with E-state index in [1.807, 2.05) is 30.3 Å². The first-order chi connectivity index (χ1) is 8.75. The molecule has 0 aromatic heterocycles. The van der Waals surface area contributed by atoms with Crippen LogP contribution in [0.3, 0.4) is 0 Å². The second-order valence-corrected chi connectivity index (χ2v) is 4.66. The summed E-state index contributed by atoms with van der Waals surface area (Å²) in [7, 11) is 0. The van der Waals surface area contributed by atoms with Crippen LogP contribution in [0.5, 0.6) is 0 Å². The largest absolute Gasteiger partial charge is 0.445 e. The molecular weight excluding hydrogens is 230 g/mol. The fraction of sp³-hybridized carbons (Fsp3) is 0.500. The van der Waals surface area contributed by atoms with Gasteiger partial charge in [0.1, 0.15) is 6.61 Å². The third-order valence-corrected chi connectivity index (χ3v) is 3.25. The van der Waals surface area contributed by atoms with E-state index in [-0.39, 0.29) is 12.6 Å². The molecule has 2 rings (SSSR count). The molecule has 0 heterocycles. The Bertz CT molecular complexity index is 380. The standard InChI is InChI=1S/C14H19NO3/c16-13-9-5-4-8-12(13)15-14(17)18-10-11-6-2-1-3-7-11/h1-3,6-7,12-13,16H,4-5,8-10H2,(H,15,17)/t12-,13+/m0/s1. The van der Waals surface area contributed by atoms with Crippen molar-refractivity contribution in [2.24, 2.45) is 0 Å². The number of amides is 1. The zero-order chi connectivity index (χ0) is 12.8. The number of hydrogen-bond donors (Lipinski definition) is 2. The average molecular weight is 249 g/mol. The maximum atomic E-state index is 11.6. The predicted molar refractivity (Wildman–Crippen MR) is 68.0 cm³/mol. The first kappa shape index (κ1) is 12.9. The number of nitrogens with one attached hydrogen (secondary N) is 1. The monoisotopic (exact) mass is 249 g/mol. The molecule has 0 saturated heterocycles. The molecule has 1 aliphatic carbocycles. The molecule has 98 valence electrons. The van der Waals surface area contributed by atoms with E-state index in [0.717, 1.165) is 31.2 Å². The molecule has 1 amide bonds. The summed E-state index contributed by atoms with van der Waals surface area (Å²) in [4.78, 5) is 11.6. The highest BCUT2D eigenvalue weighted by Gasteiger charge is 2.24. The first-order valence-electron chi connectivity index (χ1n) is 6.41. The van der Waals surface area contributed by atoms with Gasteiger partial charge in [0, 0.05) is 0 Å². The van der Waals surface area contributed by atoms with Gasteiger partial charge in [0.2, 0.25) is 0 Å². The van der Waals surface area contributed by atoms with Crippen LogP contribution in [0.2, 0.25) is 0 Å². The van der Waals surface area contributed by atoms with Gasteiger partial charge in [0.25, 0.3) is 0 Å². The smallest absolute Gasteiger partial charge is 0.407 e. The molecule has 1 aromatic rings. The summed E-state index contributed by atoms with van der Waals surface area (Å²) in [5.74, 6) is 0. The van der Waals surface area contributed by atoms with Crippen molar-refractivity contribution in [1.82, 2.24) is 5.32 Å². The number of rotatable bonds is 3. The Kier molecular flexibility index (Phi) is 4.59. The number of alkyl carbamates (subject to hydrolysis) is 1. The Morgan fingerprint density at radius 3 is 2.72 bits per heavy atom. The minimum absolute atomic E-state index is 0.165. The Morgan fingerprint density at radius 1 is 1.28 bits per heavy atom. The number of aliphatic hydroxyl groups excluding tert-OH is 1. The maximum absolute atomic E-state index is 11.6. The van der Waals surface area contributed by atoms with Crippen molar-refractivity contribution in [3.8, 4) is 0 Å². The van der Waals surface area contributed by atoms with Crippen LogP contribution in [0.25, 0.3) is 0 Å². The van der Waals surface area contributed by atoms with Crippen LogP contribution in [0, 0.1) is 0 Å². The highest BCUT2D eigenvalue weighted by atomic mass is 16.5. The van der Waals surface area contributed by atoms with Crippen LogP contribution < -0.4 is 5.32 Å². The topological polar surface area (TPSA) is 58.6 Å². The van der Waals surface area contributed by atoms with Crippen LogP contribution in [0.15, 0.2) is 30.3 Å². The van der Waals surface area contributed by atoms with Crippen molar-refractivity contribution in [3.63, 3.8) is 0 Å². The zero-order valence-electron chi connectivity index (χ0n) is 10.3. The lowest BCUT2D eigenvalue weighted by Crippen LogP contribution is -2.45. The summed E-state index contributed by atoms with van der Waals surface area (Å²) in [6, 6.07) is 9.37. The molecular formula is C14H19NO3. The summed E-state index contributed by atoms with van der Waals surface area (Å²) in [6.07, 6.45) is 2.75. The molecule has 2 N–H and O–H groups in total. The molecule has 2 atom stereocenters. The van der Waals surface area contributed by atoms with Crippen molar-refractivity contribution < 1.29 is 14.6 Å². The van der Waals surface area contributed by atoms with Gasteiger partial charge in [-0.2, -0.15) is 0 Å².